The monoisotopic (exact) mass is 464 g/mol. The quantitative estimate of drug-likeness (QED) is 0.551. The maximum atomic E-state index is 13.1. The lowest BCUT2D eigenvalue weighted by atomic mass is 10.1. The molecule has 1 N–H and O–H groups in total. The van der Waals surface area contributed by atoms with Gasteiger partial charge < -0.3 is 15.0 Å². The summed E-state index contributed by atoms with van der Waals surface area (Å²) in [4.78, 5) is 27.2. The topological polar surface area (TPSA) is 58.6 Å². The second kappa shape index (κ2) is 11.4. The molecule has 0 aliphatic rings. The summed E-state index contributed by atoms with van der Waals surface area (Å²) in [7, 11) is 0. The summed E-state index contributed by atoms with van der Waals surface area (Å²) < 4.78 is 5.86. The third-order valence-corrected chi connectivity index (χ3v) is 5.91. The van der Waals surface area contributed by atoms with Crippen molar-refractivity contribution in [2.75, 3.05) is 13.2 Å². The number of hydrogen-bond donors (Lipinski definition) is 1. The second-order valence-electron chi connectivity index (χ2n) is 7.73. The molecule has 0 saturated carbocycles. The van der Waals surface area contributed by atoms with Crippen LogP contribution in [0.15, 0.2) is 30.3 Å². The first-order chi connectivity index (χ1) is 14.6. The molecule has 0 spiro atoms. The Balaban J connectivity index is 2.22. The molecule has 2 aromatic carbocycles. The summed E-state index contributed by atoms with van der Waals surface area (Å²) in [6, 6.07) is 8.49. The van der Waals surface area contributed by atoms with Gasteiger partial charge in [0.25, 0.3) is 5.91 Å². The first-order valence-electron chi connectivity index (χ1n) is 10.4. The number of halogens is 2. The number of nitrogens with zero attached hydrogens (tertiary/aromatic N) is 1. The lowest BCUT2D eigenvalue weighted by Gasteiger charge is -2.29. The average Bonchev–Trinajstić information content (AvgIpc) is 2.73. The van der Waals surface area contributed by atoms with E-state index in [1.54, 1.807) is 25.1 Å². The molecule has 5 nitrogen and oxygen atoms in total. The van der Waals surface area contributed by atoms with Crippen molar-refractivity contribution >= 4 is 35.0 Å². The molecule has 2 rings (SSSR count). The molecule has 0 saturated heterocycles. The van der Waals surface area contributed by atoms with Crippen LogP contribution in [0.2, 0.25) is 10.0 Å². The Labute approximate surface area is 194 Å². The van der Waals surface area contributed by atoms with Crippen LogP contribution in [0.25, 0.3) is 0 Å². The Morgan fingerprint density at radius 1 is 1.10 bits per heavy atom. The smallest absolute Gasteiger partial charge is 0.261 e. The van der Waals surface area contributed by atoms with Crippen LogP contribution >= 0.6 is 23.2 Å². The van der Waals surface area contributed by atoms with Crippen molar-refractivity contribution in [3.8, 4) is 5.75 Å². The molecule has 0 bridgehead atoms. The van der Waals surface area contributed by atoms with Crippen LogP contribution in [0.3, 0.4) is 0 Å². The second-order valence-corrected chi connectivity index (χ2v) is 8.55. The molecule has 1 atom stereocenters. The normalized spacial score (nSPS) is 11.7. The molecule has 7 heteroatoms. The molecule has 0 unspecified atom stereocenters. The van der Waals surface area contributed by atoms with Crippen molar-refractivity contribution < 1.29 is 14.3 Å². The molecule has 0 aromatic heterocycles. The van der Waals surface area contributed by atoms with Gasteiger partial charge in [-0.2, -0.15) is 0 Å². The van der Waals surface area contributed by atoms with Gasteiger partial charge in [0.1, 0.15) is 11.8 Å². The Morgan fingerprint density at radius 2 is 1.81 bits per heavy atom. The van der Waals surface area contributed by atoms with E-state index in [1.807, 2.05) is 33.8 Å². The van der Waals surface area contributed by atoms with E-state index in [0.29, 0.717) is 22.3 Å². The molecule has 2 amide bonds. The van der Waals surface area contributed by atoms with Gasteiger partial charge in [-0.05, 0) is 74.6 Å². The van der Waals surface area contributed by atoms with E-state index in [2.05, 4.69) is 11.4 Å². The van der Waals surface area contributed by atoms with Gasteiger partial charge in [-0.1, -0.05) is 42.3 Å². The molecule has 0 fully saturated rings. The first-order valence-corrected chi connectivity index (χ1v) is 11.1. The van der Waals surface area contributed by atoms with Crippen LogP contribution in [0.1, 0.15) is 42.5 Å². The molecule has 0 heterocycles. The maximum absolute atomic E-state index is 13.1. The van der Waals surface area contributed by atoms with E-state index in [4.69, 9.17) is 27.9 Å². The zero-order valence-electron chi connectivity index (χ0n) is 18.7. The van der Waals surface area contributed by atoms with Crippen LogP contribution in [0, 0.1) is 20.8 Å². The van der Waals surface area contributed by atoms with Crippen molar-refractivity contribution in [1.82, 2.24) is 10.2 Å². The predicted octanol–water partition coefficient (Wildman–Crippen LogP) is 5.24. The third kappa shape index (κ3) is 6.88. The van der Waals surface area contributed by atoms with E-state index >= 15 is 0 Å². The van der Waals surface area contributed by atoms with Crippen molar-refractivity contribution in [3.63, 3.8) is 0 Å². The molecule has 168 valence electrons. The van der Waals surface area contributed by atoms with Crippen molar-refractivity contribution in [1.29, 1.82) is 0 Å². The number of hydrogen-bond acceptors (Lipinski definition) is 3. The minimum atomic E-state index is -0.669. The molecular formula is C24H30Cl2N2O3. The number of nitrogens with one attached hydrogen (secondary N) is 1. The number of aryl methyl sites for hydroxylation is 2. The SMILES string of the molecule is CCCNC(=O)[C@H](C)N(Cc1ccc(Cl)c(Cl)c1)C(=O)COc1cc(C)cc(C)c1C. The van der Waals surface area contributed by atoms with E-state index < -0.39 is 6.04 Å². The minimum absolute atomic E-state index is 0.170. The van der Waals surface area contributed by atoms with Gasteiger partial charge in [-0.3, -0.25) is 9.59 Å². The first kappa shape index (κ1) is 25.0. The summed E-state index contributed by atoms with van der Waals surface area (Å²) in [5, 5.41) is 3.69. The Morgan fingerprint density at radius 3 is 2.45 bits per heavy atom. The van der Waals surface area contributed by atoms with Gasteiger partial charge in [0, 0.05) is 13.1 Å². The predicted molar refractivity (Wildman–Crippen MR) is 126 cm³/mol. The highest BCUT2D eigenvalue weighted by Crippen LogP contribution is 2.25. The van der Waals surface area contributed by atoms with Gasteiger partial charge in [0.15, 0.2) is 6.61 Å². The van der Waals surface area contributed by atoms with Crippen molar-refractivity contribution in [2.24, 2.45) is 0 Å². The van der Waals surface area contributed by atoms with Gasteiger partial charge in [0.2, 0.25) is 5.91 Å². The molecule has 0 aliphatic heterocycles. The van der Waals surface area contributed by atoms with Crippen LogP contribution in [-0.4, -0.2) is 35.9 Å². The van der Waals surface area contributed by atoms with Gasteiger partial charge in [-0.15, -0.1) is 0 Å². The number of ether oxygens (including phenoxy) is 1. The molecule has 31 heavy (non-hydrogen) atoms. The summed E-state index contributed by atoms with van der Waals surface area (Å²) in [5.41, 5.74) is 3.93. The van der Waals surface area contributed by atoms with Crippen LogP contribution in [0.4, 0.5) is 0 Å². The number of carbonyl (C=O) groups is 2. The highest BCUT2D eigenvalue weighted by Gasteiger charge is 2.26. The highest BCUT2D eigenvalue weighted by molar-refractivity contribution is 6.42. The fourth-order valence-electron chi connectivity index (χ4n) is 3.19. The number of amides is 2. The maximum Gasteiger partial charge on any atom is 0.261 e. The standard InChI is InChI=1S/C24H30Cl2N2O3/c1-6-9-27-24(30)18(5)28(13-19-7-8-20(25)21(26)12-19)23(29)14-31-22-11-15(2)10-16(3)17(22)4/h7-8,10-12,18H,6,9,13-14H2,1-5H3,(H,27,30)/t18-/m0/s1. The number of carbonyl (C=O) groups excluding carboxylic acids is 2. The molecule has 0 radical (unpaired) electrons. The zero-order valence-corrected chi connectivity index (χ0v) is 20.2. The van der Waals surface area contributed by atoms with Gasteiger partial charge in [0.05, 0.1) is 10.0 Å². The number of benzene rings is 2. The van der Waals surface area contributed by atoms with E-state index in [9.17, 15) is 9.59 Å². The fraction of sp³-hybridized carbons (Fsp3) is 0.417. The number of rotatable bonds is 9. The van der Waals surface area contributed by atoms with Crippen LogP contribution < -0.4 is 10.1 Å². The van der Waals surface area contributed by atoms with Crippen LogP contribution in [-0.2, 0) is 16.1 Å². The highest BCUT2D eigenvalue weighted by atomic mass is 35.5. The average molecular weight is 465 g/mol. The van der Waals surface area contributed by atoms with E-state index in [0.717, 1.165) is 28.7 Å². The summed E-state index contributed by atoms with van der Waals surface area (Å²) in [6.07, 6.45) is 0.814. The zero-order chi connectivity index (χ0) is 23.1. The van der Waals surface area contributed by atoms with Gasteiger partial charge >= 0.3 is 0 Å². The van der Waals surface area contributed by atoms with Crippen molar-refractivity contribution in [3.05, 3.63) is 62.6 Å². The summed E-state index contributed by atoms with van der Waals surface area (Å²) >= 11 is 12.1. The summed E-state index contributed by atoms with van der Waals surface area (Å²) in [5.74, 6) is 0.171. The van der Waals surface area contributed by atoms with Crippen LogP contribution in [0.5, 0.6) is 5.75 Å². The van der Waals surface area contributed by atoms with E-state index in [1.165, 1.54) is 4.90 Å². The van der Waals surface area contributed by atoms with E-state index in [-0.39, 0.29) is 25.0 Å². The Kier molecular flexibility index (Phi) is 9.20. The Bertz CT molecular complexity index is 947. The molecule has 2 aromatic rings. The van der Waals surface area contributed by atoms with Crippen molar-refractivity contribution in [2.45, 2.75) is 53.6 Å². The largest absolute Gasteiger partial charge is 0.483 e. The third-order valence-electron chi connectivity index (χ3n) is 5.17. The molecule has 0 aliphatic carbocycles. The van der Waals surface area contributed by atoms with Gasteiger partial charge in [-0.25, -0.2) is 0 Å². The fourth-order valence-corrected chi connectivity index (χ4v) is 3.51. The lowest BCUT2D eigenvalue weighted by molar-refractivity contribution is -0.142. The minimum Gasteiger partial charge on any atom is -0.483 e. The summed E-state index contributed by atoms with van der Waals surface area (Å²) in [6.45, 7) is 10.2. The Hall–Kier alpha value is -2.24. The molecular weight excluding hydrogens is 435 g/mol. The lowest BCUT2D eigenvalue weighted by Crippen LogP contribution is -2.49.